The lowest BCUT2D eigenvalue weighted by atomic mass is 10.0. The van der Waals surface area contributed by atoms with Crippen LogP contribution in [-0.2, 0) is 11.8 Å². The average Bonchev–Trinajstić information content (AvgIpc) is 3.62. The molecule has 1 saturated heterocycles. The van der Waals surface area contributed by atoms with Crippen LogP contribution in [0.15, 0.2) is 48.0 Å². The highest BCUT2D eigenvalue weighted by Gasteiger charge is 2.35. The molecule has 3 N–H and O–H groups in total. The van der Waals surface area contributed by atoms with Crippen molar-refractivity contribution in [2.24, 2.45) is 7.05 Å². The molecule has 1 unspecified atom stereocenters. The van der Waals surface area contributed by atoms with Crippen LogP contribution < -0.4 is 30.6 Å². The lowest BCUT2D eigenvalue weighted by molar-refractivity contribution is -0.117. The van der Waals surface area contributed by atoms with Crippen LogP contribution in [0.5, 0.6) is 11.5 Å². The summed E-state index contributed by atoms with van der Waals surface area (Å²) in [5.41, 5.74) is 0.543. The number of nitrogens with zero attached hydrogens (tertiary/aromatic N) is 5. The number of aromatic nitrogens is 5. The number of anilines is 2. The number of nitrogens with one attached hydrogen (secondary N) is 3. The summed E-state index contributed by atoms with van der Waals surface area (Å²) >= 11 is 13.2. The first-order valence-electron chi connectivity index (χ1n) is 12.2. The summed E-state index contributed by atoms with van der Waals surface area (Å²) < 4.78 is 12.1. The molecule has 1 aliphatic heterocycles. The van der Waals surface area contributed by atoms with E-state index in [1.165, 1.54) is 24.9 Å². The molecular weight excluding hydrogens is 559 g/mol. The summed E-state index contributed by atoms with van der Waals surface area (Å²) in [7, 11) is 4.53. The number of methoxy groups -OCH3 is 2. The Labute approximate surface area is 238 Å². The molecule has 0 aliphatic carbocycles. The summed E-state index contributed by atoms with van der Waals surface area (Å²) in [6, 6.07) is 4.53. The maximum Gasteiger partial charge on any atom is 0.259 e. The van der Waals surface area contributed by atoms with Gasteiger partial charge in [-0.15, -0.1) is 0 Å². The van der Waals surface area contributed by atoms with Gasteiger partial charge in [-0.05, 0) is 12.1 Å². The topological polar surface area (TPSA) is 139 Å². The Morgan fingerprint density at radius 3 is 2.50 bits per heavy atom. The van der Waals surface area contributed by atoms with Crippen LogP contribution in [0.25, 0.3) is 22.2 Å². The third-order valence-corrected chi connectivity index (χ3v) is 7.52. The minimum absolute atomic E-state index is 0.180. The molecule has 1 aliphatic rings. The number of aromatic amines is 1. The molecule has 12 nitrogen and oxygen atoms in total. The zero-order valence-electron chi connectivity index (χ0n) is 21.9. The number of ether oxygens (including phenoxy) is 2. The van der Waals surface area contributed by atoms with Gasteiger partial charge in [-0.2, -0.15) is 10.1 Å². The number of aryl methyl sites for hydroxylation is 1. The fourth-order valence-corrected chi connectivity index (χ4v) is 5.45. The van der Waals surface area contributed by atoms with Crippen molar-refractivity contribution in [1.82, 2.24) is 30.0 Å². The number of amides is 1. The van der Waals surface area contributed by atoms with Gasteiger partial charge in [0.05, 0.1) is 48.1 Å². The lowest BCUT2D eigenvalue weighted by Crippen LogP contribution is -2.45. The Bertz CT molecular complexity index is 1630. The number of pyridine rings is 1. The molecule has 40 heavy (non-hydrogen) atoms. The van der Waals surface area contributed by atoms with Crippen molar-refractivity contribution in [2.75, 3.05) is 37.5 Å². The van der Waals surface area contributed by atoms with E-state index in [0.29, 0.717) is 41.6 Å². The molecule has 14 heteroatoms. The van der Waals surface area contributed by atoms with Crippen molar-refractivity contribution in [3.63, 3.8) is 0 Å². The number of carbonyl (C=O) groups excluding carboxylic acids is 1. The van der Waals surface area contributed by atoms with Gasteiger partial charge in [0.25, 0.3) is 5.56 Å². The third-order valence-electron chi connectivity index (χ3n) is 6.77. The van der Waals surface area contributed by atoms with E-state index in [4.69, 9.17) is 32.7 Å². The quantitative estimate of drug-likeness (QED) is 0.266. The smallest absolute Gasteiger partial charge is 0.259 e. The molecule has 2 atom stereocenters. The van der Waals surface area contributed by atoms with E-state index in [0.717, 1.165) is 5.82 Å². The second kappa shape index (κ2) is 11.1. The third kappa shape index (κ3) is 4.91. The fraction of sp³-hybridized carbons (Fsp3) is 0.269. The summed E-state index contributed by atoms with van der Waals surface area (Å²) in [5, 5.41) is 14.2. The van der Waals surface area contributed by atoms with Crippen molar-refractivity contribution in [3.05, 3.63) is 63.6 Å². The predicted octanol–water partition coefficient (Wildman–Crippen LogP) is 3.01. The van der Waals surface area contributed by atoms with Gasteiger partial charge in [-0.25, -0.2) is 4.98 Å². The van der Waals surface area contributed by atoms with Gasteiger partial charge in [0, 0.05) is 49.4 Å². The number of hydrogen-bond donors (Lipinski definition) is 3. The normalized spacial score (nSPS) is 16.7. The number of benzene rings is 1. The molecule has 0 saturated carbocycles. The molecule has 4 aromatic rings. The Morgan fingerprint density at radius 1 is 1.18 bits per heavy atom. The van der Waals surface area contributed by atoms with Crippen molar-refractivity contribution < 1.29 is 14.3 Å². The second-order valence-electron chi connectivity index (χ2n) is 9.10. The average molecular weight is 585 g/mol. The molecule has 1 fully saturated rings. The van der Waals surface area contributed by atoms with Crippen LogP contribution in [0.3, 0.4) is 0 Å². The number of rotatable bonds is 8. The van der Waals surface area contributed by atoms with Gasteiger partial charge >= 0.3 is 0 Å². The molecule has 0 radical (unpaired) electrons. The van der Waals surface area contributed by atoms with Crippen molar-refractivity contribution in [2.45, 2.75) is 12.1 Å². The Hall–Kier alpha value is -4.29. The molecule has 4 heterocycles. The second-order valence-corrected chi connectivity index (χ2v) is 9.85. The van der Waals surface area contributed by atoms with E-state index in [1.807, 2.05) is 6.07 Å². The number of halogens is 2. The SMILES string of the molecule is C=CC(=O)N[C@H]1CN(c2ccn[nH]2)CC1Nc1ncc2cc(-c3c(Cl)c(OC)cc(OC)c3Cl)c(=O)n(C)c2n1. The number of fused-ring (bicyclic) bond motifs is 1. The summed E-state index contributed by atoms with van der Waals surface area (Å²) in [6.45, 7) is 4.61. The number of carbonyl (C=O) groups is 1. The summed E-state index contributed by atoms with van der Waals surface area (Å²) in [6.07, 6.45) is 4.49. The summed E-state index contributed by atoms with van der Waals surface area (Å²) in [4.78, 5) is 36.8. The van der Waals surface area contributed by atoms with Crippen molar-refractivity contribution in [3.8, 4) is 22.6 Å². The Balaban J connectivity index is 1.51. The maximum absolute atomic E-state index is 13.5. The monoisotopic (exact) mass is 584 g/mol. The molecule has 1 aromatic carbocycles. The summed E-state index contributed by atoms with van der Waals surface area (Å²) in [5.74, 6) is 1.46. The van der Waals surface area contributed by atoms with Gasteiger partial charge in [-0.3, -0.25) is 19.3 Å². The van der Waals surface area contributed by atoms with Crippen molar-refractivity contribution in [1.29, 1.82) is 0 Å². The largest absolute Gasteiger partial charge is 0.495 e. The van der Waals surface area contributed by atoms with Crippen LogP contribution >= 0.6 is 23.2 Å². The highest BCUT2D eigenvalue weighted by molar-refractivity contribution is 6.41. The minimum Gasteiger partial charge on any atom is -0.495 e. The van der Waals surface area contributed by atoms with Gasteiger partial charge in [0.15, 0.2) is 0 Å². The van der Waals surface area contributed by atoms with E-state index in [-0.39, 0.29) is 44.7 Å². The molecular formula is C26H26Cl2N8O4. The van der Waals surface area contributed by atoms with Crippen LogP contribution in [0, 0.1) is 0 Å². The van der Waals surface area contributed by atoms with Crippen LogP contribution in [0.1, 0.15) is 0 Å². The van der Waals surface area contributed by atoms with E-state index >= 15 is 0 Å². The zero-order valence-corrected chi connectivity index (χ0v) is 23.4. The zero-order chi connectivity index (χ0) is 28.6. The first-order chi connectivity index (χ1) is 19.2. The lowest BCUT2D eigenvalue weighted by Gasteiger charge is -2.20. The molecule has 0 bridgehead atoms. The molecule has 1 amide bonds. The highest BCUT2D eigenvalue weighted by atomic mass is 35.5. The Kier molecular flexibility index (Phi) is 7.55. The highest BCUT2D eigenvalue weighted by Crippen LogP contribution is 2.45. The van der Waals surface area contributed by atoms with E-state index in [2.05, 4.69) is 42.3 Å². The first kappa shape index (κ1) is 27.3. The number of hydrogen-bond acceptors (Lipinski definition) is 9. The van der Waals surface area contributed by atoms with Crippen LogP contribution in [-0.4, -0.2) is 70.0 Å². The van der Waals surface area contributed by atoms with Gasteiger partial charge < -0.3 is 25.0 Å². The van der Waals surface area contributed by atoms with E-state index in [9.17, 15) is 9.59 Å². The van der Waals surface area contributed by atoms with Gasteiger partial charge in [0.1, 0.15) is 23.0 Å². The number of H-pyrrole nitrogens is 1. The predicted molar refractivity (Wildman–Crippen MR) is 154 cm³/mol. The first-order valence-corrected chi connectivity index (χ1v) is 12.9. The van der Waals surface area contributed by atoms with Gasteiger partial charge in [0.2, 0.25) is 11.9 Å². The van der Waals surface area contributed by atoms with E-state index in [1.54, 1.807) is 31.6 Å². The molecule has 208 valence electrons. The fourth-order valence-electron chi connectivity index (χ4n) is 4.74. The van der Waals surface area contributed by atoms with Gasteiger partial charge in [-0.1, -0.05) is 29.8 Å². The molecule has 5 rings (SSSR count). The van der Waals surface area contributed by atoms with E-state index < -0.39 is 0 Å². The maximum atomic E-state index is 13.5. The standard InChI is InChI=1S/C26H26Cl2N8O4/c1-5-20(37)31-15-11-36(19-6-7-30-34-19)12-16(15)32-26-29-10-13-8-14(25(38)35(2)24(13)33-26)21-22(27)17(39-3)9-18(40-4)23(21)28/h5-10,15-16H,1,11-12H2,2-4H3,(H,30,34)(H,31,37)(H,29,32,33)/t15-,16?/m0/s1. The molecule has 0 spiro atoms. The van der Waals surface area contributed by atoms with Crippen LogP contribution in [0.4, 0.5) is 11.8 Å². The molecule has 3 aromatic heterocycles. The van der Waals surface area contributed by atoms with Crippen molar-refractivity contribution >= 4 is 51.9 Å². The van der Waals surface area contributed by atoms with Crippen LogP contribution in [0.2, 0.25) is 10.0 Å². The Morgan fingerprint density at radius 2 is 1.88 bits per heavy atom. The minimum atomic E-state index is -0.376.